The molecule has 0 radical (unpaired) electrons. The van der Waals surface area contributed by atoms with E-state index < -0.39 is 0 Å². The molecule has 0 aromatic carbocycles. The highest BCUT2D eigenvalue weighted by Gasteiger charge is 2.40. The van der Waals surface area contributed by atoms with Crippen molar-refractivity contribution in [1.82, 2.24) is 10.2 Å². The monoisotopic (exact) mass is 139 g/mol. The van der Waals surface area contributed by atoms with Crippen molar-refractivity contribution in [3.8, 4) is 0 Å². The molecule has 0 aromatic rings. The van der Waals surface area contributed by atoms with E-state index in [1.54, 1.807) is 6.42 Å². The lowest BCUT2D eigenvalue weighted by molar-refractivity contribution is -0.127. The average Bonchev–Trinajstić information content (AvgIpc) is 2.34. The van der Waals surface area contributed by atoms with Crippen LogP contribution in [0.3, 0.4) is 0 Å². The third-order valence-electron chi connectivity index (χ3n) is 2.20. The highest BCUT2D eigenvalue weighted by atomic mass is 16.2. The Balaban J connectivity index is 2.08. The Morgan fingerprint density at radius 2 is 2.60 bits per heavy atom. The van der Waals surface area contributed by atoms with Crippen LogP contribution in [0.5, 0.6) is 0 Å². The molecule has 2 rings (SSSR count). The van der Waals surface area contributed by atoms with E-state index in [4.69, 9.17) is 0 Å². The maximum absolute atomic E-state index is 11.1. The predicted molar refractivity (Wildman–Crippen MR) is 37.3 cm³/mol. The lowest BCUT2D eigenvalue weighted by Gasteiger charge is -2.26. The summed E-state index contributed by atoms with van der Waals surface area (Å²) in [5.41, 5.74) is 0. The second kappa shape index (κ2) is 2.16. The van der Waals surface area contributed by atoms with Gasteiger partial charge in [0, 0.05) is 19.6 Å². The van der Waals surface area contributed by atoms with Crippen LogP contribution in [-0.4, -0.2) is 36.5 Å². The summed E-state index contributed by atoms with van der Waals surface area (Å²) >= 11 is 0. The zero-order valence-electron chi connectivity index (χ0n) is 5.84. The van der Waals surface area contributed by atoms with Crippen molar-refractivity contribution < 1.29 is 4.79 Å². The molecule has 1 atom stereocenters. The Morgan fingerprint density at radius 3 is 3.40 bits per heavy atom. The normalized spacial score (nSPS) is 31.8. The minimum Gasteiger partial charge on any atom is -0.313 e. The van der Waals surface area contributed by atoms with Crippen LogP contribution >= 0.6 is 0 Å². The summed E-state index contributed by atoms with van der Waals surface area (Å²) in [4.78, 5) is 13.0. The smallest absolute Gasteiger partial charge is 0.313 e. The first kappa shape index (κ1) is 6.04. The number of amides is 1. The molecule has 3 heteroatoms. The van der Waals surface area contributed by atoms with Gasteiger partial charge in [-0.25, -0.2) is 4.79 Å². The number of hydrogen-bond donors (Lipinski definition) is 1. The molecule has 2 aliphatic heterocycles. The topological polar surface area (TPSA) is 32.3 Å². The molecule has 10 heavy (non-hydrogen) atoms. The minimum atomic E-state index is 0.228. The van der Waals surface area contributed by atoms with Crippen LogP contribution in [0, 0.1) is 6.42 Å². The fraction of sp³-hybridized carbons (Fsp3) is 0.714. The second-order valence-corrected chi connectivity index (χ2v) is 2.83. The predicted octanol–water partition coefficient (Wildman–Crippen LogP) is -0.605. The molecule has 0 saturated carbocycles. The number of piperazine rings is 1. The third-order valence-corrected chi connectivity index (χ3v) is 2.20. The fourth-order valence-electron chi connectivity index (χ4n) is 1.62. The van der Waals surface area contributed by atoms with Gasteiger partial charge in [-0.3, -0.25) is 4.90 Å². The Kier molecular flexibility index (Phi) is 1.31. The SMILES string of the molecule is O=C1[CH+]CC2CNCCN12. The van der Waals surface area contributed by atoms with Crippen molar-refractivity contribution in [2.75, 3.05) is 19.6 Å². The molecule has 2 saturated heterocycles. The van der Waals surface area contributed by atoms with E-state index >= 15 is 0 Å². The van der Waals surface area contributed by atoms with Crippen molar-refractivity contribution in [2.24, 2.45) is 0 Å². The van der Waals surface area contributed by atoms with Crippen molar-refractivity contribution in [1.29, 1.82) is 0 Å². The molecule has 0 aliphatic carbocycles. The summed E-state index contributed by atoms with van der Waals surface area (Å²) in [7, 11) is 0. The quantitative estimate of drug-likeness (QED) is 0.454. The van der Waals surface area contributed by atoms with Crippen LogP contribution in [0.2, 0.25) is 0 Å². The van der Waals surface area contributed by atoms with E-state index in [-0.39, 0.29) is 5.91 Å². The van der Waals surface area contributed by atoms with Gasteiger partial charge in [0.15, 0.2) is 6.42 Å². The van der Waals surface area contributed by atoms with Gasteiger partial charge in [-0.15, -0.1) is 0 Å². The molecular formula is C7H11N2O+. The number of fused-ring (bicyclic) bond motifs is 1. The van der Waals surface area contributed by atoms with E-state index in [0.717, 1.165) is 26.1 Å². The van der Waals surface area contributed by atoms with Crippen LogP contribution in [0.15, 0.2) is 0 Å². The van der Waals surface area contributed by atoms with Gasteiger partial charge in [0.1, 0.15) is 6.42 Å². The van der Waals surface area contributed by atoms with E-state index in [2.05, 4.69) is 5.32 Å². The number of carbonyl (C=O) groups excluding carboxylic acids is 1. The largest absolute Gasteiger partial charge is 0.404 e. The van der Waals surface area contributed by atoms with Crippen molar-refractivity contribution in [3.05, 3.63) is 6.42 Å². The third kappa shape index (κ3) is 0.778. The molecule has 2 fully saturated rings. The van der Waals surface area contributed by atoms with E-state index in [1.807, 2.05) is 4.90 Å². The fourth-order valence-corrected chi connectivity index (χ4v) is 1.62. The summed E-state index contributed by atoms with van der Waals surface area (Å²) in [5, 5.41) is 3.26. The van der Waals surface area contributed by atoms with Crippen LogP contribution in [0.1, 0.15) is 6.42 Å². The van der Waals surface area contributed by atoms with Crippen LogP contribution in [-0.2, 0) is 4.79 Å². The van der Waals surface area contributed by atoms with Gasteiger partial charge < -0.3 is 5.32 Å². The maximum atomic E-state index is 11.1. The van der Waals surface area contributed by atoms with Crippen molar-refractivity contribution in [3.63, 3.8) is 0 Å². The maximum Gasteiger partial charge on any atom is 0.404 e. The first-order chi connectivity index (χ1) is 4.88. The second-order valence-electron chi connectivity index (χ2n) is 2.83. The van der Waals surface area contributed by atoms with Crippen LogP contribution in [0.25, 0.3) is 0 Å². The van der Waals surface area contributed by atoms with Gasteiger partial charge in [-0.1, -0.05) is 0 Å². The molecule has 2 aliphatic rings. The highest BCUT2D eigenvalue weighted by molar-refractivity contribution is 5.87. The molecule has 0 spiro atoms. The van der Waals surface area contributed by atoms with Crippen molar-refractivity contribution >= 4 is 5.91 Å². The molecule has 1 unspecified atom stereocenters. The summed E-state index contributed by atoms with van der Waals surface area (Å²) in [6, 6.07) is 0.459. The summed E-state index contributed by atoms with van der Waals surface area (Å²) in [6.07, 6.45) is 2.73. The number of carbonyl (C=O) groups is 1. The van der Waals surface area contributed by atoms with Gasteiger partial charge in [0.2, 0.25) is 0 Å². The standard InChI is InChI=1S/C7H11N2O/c10-7-2-1-6-5-8-3-4-9(6)7/h2,6,8H,1,3-5H2/q+1. The zero-order chi connectivity index (χ0) is 6.97. The molecule has 3 nitrogen and oxygen atoms in total. The average molecular weight is 139 g/mol. The molecule has 1 N–H and O–H groups in total. The van der Waals surface area contributed by atoms with E-state index in [9.17, 15) is 4.79 Å². The van der Waals surface area contributed by atoms with E-state index in [1.165, 1.54) is 0 Å². The lowest BCUT2D eigenvalue weighted by atomic mass is 10.2. The molecule has 0 bridgehead atoms. The summed E-state index contributed by atoms with van der Waals surface area (Å²) < 4.78 is 0. The Bertz CT molecular complexity index is 158. The van der Waals surface area contributed by atoms with E-state index in [0.29, 0.717) is 6.04 Å². The number of nitrogens with one attached hydrogen (secondary N) is 1. The van der Waals surface area contributed by atoms with Crippen LogP contribution < -0.4 is 5.32 Å². The van der Waals surface area contributed by atoms with Gasteiger partial charge in [0.25, 0.3) is 0 Å². The first-order valence-electron chi connectivity index (χ1n) is 3.72. The Morgan fingerprint density at radius 1 is 1.70 bits per heavy atom. The Hall–Kier alpha value is -0.700. The van der Waals surface area contributed by atoms with Gasteiger partial charge in [-0.2, -0.15) is 0 Å². The molecule has 2 heterocycles. The molecule has 54 valence electrons. The lowest BCUT2D eigenvalue weighted by Crippen LogP contribution is -2.49. The Labute approximate surface area is 60.4 Å². The molecule has 1 amide bonds. The van der Waals surface area contributed by atoms with Gasteiger partial charge in [-0.05, 0) is 0 Å². The zero-order valence-corrected chi connectivity index (χ0v) is 5.84. The number of hydrogen-bond acceptors (Lipinski definition) is 2. The summed E-state index contributed by atoms with van der Waals surface area (Å²) in [5.74, 6) is 0.228. The molecule has 0 aromatic heterocycles. The van der Waals surface area contributed by atoms with Gasteiger partial charge in [0.05, 0.1) is 6.04 Å². The van der Waals surface area contributed by atoms with Gasteiger partial charge >= 0.3 is 5.91 Å². The first-order valence-corrected chi connectivity index (χ1v) is 3.72. The number of nitrogens with zero attached hydrogens (tertiary/aromatic N) is 1. The minimum absolute atomic E-state index is 0.228. The van der Waals surface area contributed by atoms with Crippen molar-refractivity contribution in [2.45, 2.75) is 12.5 Å². The van der Waals surface area contributed by atoms with Crippen LogP contribution in [0.4, 0.5) is 0 Å². The highest BCUT2D eigenvalue weighted by Crippen LogP contribution is 2.17. The molecular weight excluding hydrogens is 128 g/mol. The summed E-state index contributed by atoms with van der Waals surface area (Å²) in [6.45, 7) is 2.82. The number of rotatable bonds is 0.